The zero-order chi connectivity index (χ0) is 12.3. The quantitative estimate of drug-likeness (QED) is 0.610. The fourth-order valence-electron chi connectivity index (χ4n) is 1.11. The molecular weight excluding hydrogens is 224 g/mol. The molecule has 4 heteroatoms. The number of carbonyl (C=O) groups excluding carboxylic acids is 1. The first-order chi connectivity index (χ1) is 7.37. The molecule has 0 unspecified atom stereocenters. The van der Waals surface area contributed by atoms with Crippen molar-refractivity contribution in [2.75, 3.05) is 5.73 Å². The number of hydrogen-bond acceptors (Lipinski definition) is 2. The van der Waals surface area contributed by atoms with Crippen molar-refractivity contribution in [1.82, 2.24) is 5.32 Å². The molecule has 3 N–H and O–H groups in total. The molecule has 16 heavy (non-hydrogen) atoms. The Kier molecular flexibility index (Phi) is 3.46. The minimum absolute atomic E-state index is 0.243. The second-order valence-corrected chi connectivity index (χ2v) is 4.31. The van der Waals surface area contributed by atoms with Crippen LogP contribution < -0.4 is 11.1 Å². The van der Waals surface area contributed by atoms with E-state index in [0.29, 0.717) is 11.3 Å². The fraction of sp³-hybridized carbons (Fsp3) is 0.250. The van der Waals surface area contributed by atoms with Crippen molar-refractivity contribution in [3.05, 3.63) is 28.8 Å². The van der Waals surface area contributed by atoms with E-state index in [1.807, 2.05) is 0 Å². The van der Waals surface area contributed by atoms with Crippen LogP contribution in [0.4, 0.5) is 5.69 Å². The molecule has 0 saturated carbocycles. The van der Waals surface area contributed by atoms with Gasteiger partial charge in [0.15, 0.2) is 0 Å². The first-order valence-electron chi connectivity index (χ1n) is 4.71. The van der Waals surface area contributed by atoms with E-state index in [9.17, 15) is 4.79 Å². The lowest BCUT2D eigenvalue weighted by atomic mass is 10.1. The van der Waals surface area contributed by atoms with Gasteiger partial charge in [-0.15, -0.1) is 6.42 Å². The van der Waals surface area contributed by atoms with Gasteiger partial charge in [-0.25, -0.2) is 0 Å². The molecule has 1 aromatic rings. The Morgan fingerprint density at radius 1 is 1.56 bits per heavy atom. The van der Waals surface area contributed by atoms with Crippen molar-refractivity contribution in [3.8, 4) is 12.3 Å². The molecule has 0 radical (unpaired) electrons. The average Bonchev–Trinajstić information content (AvgIpc) is 2.21. The van der Waals surface area contributed by atoms with Crippen LogP contribution in [0, 0.1) is 12.3 Å². The SMILES string of the molecule is C#CC(C)(C)NC(=O)c1cccc(N)c1Cl. The predicted octanol–water partition coefficient (Wildman–Crippen LogP) is 2.06. The summed E-state index contributed by atoms with van der Waals surface area (Å²) in [7, 11) is 0. The van der Waals surface area contributed by atoms with E-state index >= 15 is 0 Å². The van der Waals surface area contributed by atoms with E-state index in [-0.39, 0.29) is 10.9 Å². The highest BCUT2D eigenvalue weighted by Crippen LogP contribution is 2.23. The summed E-state index contributed by atoms with van der Waals surface area (Å²) in [6.45, 7) is 3.45. The molecule has 1 rings (SSSR count). The number of anilines is 1. The highest BCUT2D eigenvalue weighted by molar-refractivity contribution is 6.36. The number of benzene rings is 1. The molecule has 1 amide bonds. The Morgan fingerprint density at radius 2 is 2.19 bits per heavy atom. The fourth-order valence-corrected chi connectivity index (χ4v) is 1.32. The predicted molar refractivity (Wildman–Crippen MR) is 66.2 cm³/mol. The Labute approximate surface area is 100.0 Å². The normalized spacial score (nSPS) is 10.6. The summed E-state index contributed by atoms with van der Waals surface area (Å²) < 4.78 is 0. The molecule has 0 aliphatic carbocycles. The van der Waals surface area contributed by atoms with Gasteiger partial charge in [-0.1, -0.05) is 23.6 Å². The van der Waals surface area contributed by atoms with Gasteiger partial charge < -0.3 is 11.1 Å². The summed E-state index contributed by atoms with van der Waals surface area (Å²) in [6.07, 6.45) is 5.28. The average molecular weight is 237 g/mol. The molecule has 0 fully saturated rings. The Morgan fingerprint density at radius 3 is 2.75 bits per heavy atom. The number of carbonyl (C=O) groups is 1. The summed E-state index contributed by atoms with van der Waals surface area (Å²) in [6, 6.07) is 4.89. The van der Waals surface area contributed by atoms with E-state index in [0.717, 1.165) is 0 Å². The monoisotopic (exact) mass is 236 g/mol. The molecule has 0 aromatic heterocycles. The van der Waals surface area contributed by atoms with Gasteiger partial charge in [0.05, 0.1) is 21.8 Å². The topological polar surface area (TPSA) is 55.1 Å². The third-order valence-electron chi connectivity index (χ3n) is 2.06. The lowest BCUT2D eigenvalue weighted by molar-refractivity contribution is 0.0930. The first-order valence-corrected chi connectivity index (χ1v) is 5.09. The van der Waals surface area contributed by atoms with E-state index < -0.39 is 5.54 Å². The minimum Gasteiger partial charge on any atom is -0.398 e. The van der Waals surface area contributed by atoms with Crippen LogP contribution >= 0.6 is 11.6 Å². The highest BCUT2D eigenvalue weighted by Gasteiger charge is 2.20. The van der Waals surface area contributed by atoms with Crippen LogP contribution in [0.2, 0.25) is 5.02 Å². The van der Waals surface area contributed by atoms with Crippen molar-refractivity contribution in [3.63, 3.8) is 0 Å². The molecule has 1 aromatic carbocycles. The van der Waals surface area contributed by atoms with Gasteiger partial charge in [-0.3, -0.25) is 4.79 Å². The lowest BCUT2D eigenvalue weighted by Crippen LogP contribution is -2.42. The minimum atomic E-state index is -0.717. The standard InChI is InChI=1S/C12H13ClN2O/c1-4-12(2,3)15-11(16)8-6-5-7-9(14)10(8)13/h1,5-7H,14H2,2-3H3,(H,15,16). The zero-order valence-corrected chi connectivity index (χ0v) is 9.93. The summed E-state index contributed by atoms with van der Waals surface area (Å²) in [5.41, 5.74) is 5.58. The number of amides is 1. The van der Waals surface area contributed by atoms with Crippen molar-refractivity contribution in [2.45, 2.75) is 19.4 Å². The molecule has 0 heterocycles. The molecule has 0 aliphatic rings. The summed E-state index contributed by atoms with van der Waals surface area (Å²) in [4.78, 5) is 11.8. The van der Waals surface area contributed by atoms with Crippen LogP contribution in [0.25, 0.3) is 0 Å². The number of nitrogens with two attached hydrogens (primary N) is 1. The van der Waals surface area contributed by atoms with Crippen molar-refractivity contribution in [1.29, 1.82) is 0 Å². The van der Waals surface area contributed by atoms with Gasteiger partial charge in [0.2, 0.25) is 0 Å². The molecule has 0 aliphatic heterocycles. The van der Waals surface area contributed by atoms with Crippen LogP contribution in [0.15, 0.2) is 18.2 Å². The molecule has 0 saturated heterocycles. The van der Waals surface area contributed by atoms with Crippen molar-refractivity contribution in [2.24, 2.45) is 0 Å². The molecule has 0 bridgehead atoms. The van der Waals surface area contributed by atoms with E-state index in [1.165, 1.54) is 0 Å². The maximum atomic E-state index is 11.8. The van der Waals surface area contributed by atoms with Gasteiger partial charge in [0, 0.05) is 0 Å². The molecule has 84 valence electrons. The van der Waals surface area contributed by atoms with Crippen LogP contribution in [0.3, 0.4) is 0 Å². The van der Waals surface area contributed by atoms with Gasteiger partial charge in [0.1, 0.15) is 0 Å². The van der Waals surface area contributed by atoms with Gasteiger partial charge in [-0.2, -0.15) is 0 Å². The summed E-state index contributed by atoms with van der Waals surface area (Å²) in [5, 5.41) is 2.92. The van der Waals surface area contributed by atoms with E-state index in [2.05, 4.69) is 11.2 Å². The van der Waals surface area contributed by atoms with Crippen molar-refractivity contribution < 1.29 is 4.79 Å². The maximum Gasteiger partial charge on any atom is 0.254 e. The number of nitrogens with one attached hydrogen (secondary N) is 1. The third-order valence-corrected chi connectivity index (χ3v) is 2.48. The maximum absolute atomic E-state index is 11.8. The summed E-state index contributed by atoms with van der Waals surface area (Å²) in [5.74, 6) is 2.14. The van der Waals surface area contributed by atoms with Gasteiger partial charge in [0.25, 0.3) is 5.91 Å². The number of halogens is 1. The second kappa shape index (κ2) is 4.46. The molecular formula is C12H13ClN2O. The van der Waals surface area contributed by atoms with Crippen LogP contribution in [-0.4, -0.2) is 11.4 Å². The van der Waals surface area contributed by atoms with Crippen LogP contribution in [-0.2, 0) is 0 Å². The van der Waals surface area contributed by atoms with Gasteiger partial charge in [-0.05, 0) is 26.0 Å². The highest BCUT2D eigenvalue weighted by atomic mass is 35.5. The van der Waals surface area contributed by atoms with E-state index in [4.69, 9.17) is 23.8 Å². The van der Waals surface area contributed by atoms with Crippen molar-refractivity contribution >= 4 is 23.2 Å². The van der Waals surface area contributed by atoms with Gasteiger partial charge >= 0.3 is 0 Å². The Hall–Kier alpha value is -1.66. The van der Waals surface area contributed by atoms with E-state index in [1.54, 1.807) is 32.0 Å². The molecule has 0 atom stereocenters. The largest absolute Gasteiger partial charge is 0.398 e. The lowest BCUT2D eigenvalue weighted by Gasteiger charge is -2.20. The first kappa shape index (κ1) is 12.4. The summed E-state index contributed by atoms with van der Waals surface area (Å²) >= 11 is 5.92. The second-order valence-electron chi connectivity index (χ2n) is 3.93. The third kappa shape index (κ3) is 2.68. The zero-order valence-electron chi connectivity index (χ0n) is 9.17. The number of terminal acetylenes is 1. The molecule has 0 spiro atoms. The molecule has 3 nitrogen and oxygen atoms in total. The van der Waals surface area contributed by atoms with Crippen LogP contribution in [0.1, 0.15) is 24.2 Å². The Bertz CT molecular complexity index is 461. The smallest absolute Gasteiger partial charge is 0.254 e. The number of nitrogen functional groups attached to an aromatic ring is 1. The number of rotatable bonds is 2. The number of hydrogen-bond donors (Lipinski definition) is 2. The van der Waals surface area contributed by atoms with Crippen LogP contribution in [0.5, 0.6) is 0 Å². The Balaban J connectivity index is 2.99.